The Labute approximate surface area is 105 Å². The molecule has 0 saturated carbocycles. The predicted molar refractivity (Wildman–Crippen MR) is 64.3 cm³/mol. The van der Waals surface area contributed by atoms with Crippen LogP contribution in [0.1, 0.15) is 6.42 Å². The van der Waals surface area contributed by atoms with Crippen molar-refractivity contribution in [3.05, 3.63) is 22.5 Å². The number of ether oxygens (including phenoxy) is 1. The quantitative estimate of drug-likeness (QED) is 0.360. The molecule has 2 N–H and O–H groups in total. The second-order valence-corrected chi connectivity index (χ2v) is 3.88. The fourth-order valence-electron chi connectivity index (χ4n) is 1.44. The van der Waals surface area contributed by atoms with Crippen LogP contribution in [0.15, 0.2) is 12.4 Å². The second kappa shape index (κ2) is 7.75. The molecule has 1 aromatic rings. The van der Waals surface area contributed by atoms with Gasteiger partial charge in [-0.05, 0) is 13.0 Å². The van der Waals surface area contributed by atoms with Gasteiger partial charge in [0.2, 0.25) is 0 Å². The Kier molecular flexibility index (Phi) is 6.26. The maximum Gasteiger partial charge on any atom is 0.306 e. The molecule has 0 spiro atoms. The van der Waals surface area contributed by atoms with Gasteiger partial charge in [0.1, 0.15) is 12.4 Å². The molecule has 1 atom stereocenters. The van der Waals surface area contributed by atoms with Gasteiger partial charge in [-0.2, -0.15) is 5.10 Å². The molecule has 0 fully saturated rings. The fraction of sp³-hybridized carbons (Fsp3) is 0.700. The van der Waals surface area contributed by atoms with Gasteiger partial charge in [0.05, 0.1) is 17.6 Å². The number of rotatable bonds is 9. The lowest BCUT2D eigenvalue weighted by molar-refractivity contribution is -0.385. The van der Waals surface area contributed by atoms with Crippen molar-refractivity contribution in [3.8, 4) is 0 Å². The molecule has 1 aromatic heterocycles. The van der Waals surface area contributed by atoms with E-state index < -0.39 is 11.0 Å². The molecular formula is C10H18N4O4. The van der Waals surface area contributed by atoms with Crippen molar-refractivity contribution in [2.75, 3.05) is 26.8 Å². The van der Waals surface area contributed by atoms with Gasteiger partial charge < -0.3 is 15.2 Å². The Bertz CT molecular complexity index is 369. The molecule has 0 saturated heterocycles. The summed E-state index contributed by atoms with van der Waals surface area (Å²) in [6, 6.07) is 0. The molecule has 18 heavy (non-hydrogen) atoms. The van der Waals surface area contributed by atoms with Crippen LogP contribution in [-0.4, -0.2) is 52.7 Å². The smallest absolute Gasteiger partial charge is 0.306 e. The highest BCUT2D eigenvalue weighted by Crippen LogP contribution is 2.07. The van der Waals surface area contributed by atoms with Crippen molar-refractivity contribution in [1.29, 1.82) is 0 Å². The van der Waals surface area contributed by atoms with Gasteiger partial charge in [-0.3, -0.25) is 14.8 Å². The molecule has 1 rings (SSSR count). The topological polar surface area (TPSA) is 102 Å². The lowest BCUT2D eigenvalue weighted by atomic mass is 10.3. The molecule has 1 unspecified atom stereocenters. The van der Waals surface area contributed by atoms with E-state index >= 15 is 0 Å². The predicted octanol–water partition coefficient (Wildman–Crippen LogP) is -0.222. The SMILES string of the molecule is COCCCNCC(O)Cn1cc([N+](=O)[O-])cn1. The third kappa shape index (κ3) is 5.21. The molecule has 0 aliphatic heterocycles. The highest BCUT2D eigenvalue weighted by Gasteiger charge is 2.11. The number of aliphatic hydroxyl groups is 1. The summed E-state index contributed by atoms with van der Waals surface area (Å²) in [5.74, 6) is 0. The Morgan fingerprint density at radius 3 is 3.11 bits per heavy atom. The standard InChI is InChI=1S/C10H18N4O4/c1-18-4-2-3-11-6-10(15)8-13-7-9(5-12-13)14(16)17/h5,7,10-11,15H,2-4,6,8H2,1H3. The van der Waals surface area contributed by atoms with Gasteiger partial charge in [0, 0.05) is 20.3 Å². The van der Waals surface area contributed by atoms with Gasteiger partial charge in [0.15, 0.2) is 0 Å². The Morgan fingerprint density at radius 1 is 1.72 bits per heavy atom. The molecule has 0 bridgehead atoms. The lowest BCUT2D eigenvalue weighted by Crippen LogP contribution is -2.31. The van der Waals surface area contributed by atoms with Crippen molar-refractivity contribution >= 4 is 5.69 Å². The molecule has 0 aliphatic carbocycles. The van der Waals surface area contributed by atoms with E-state index in [1.165, 1.54) is 17.1 Å². The summed E-state index contributed by atoms with van der Waals surface area (Å²) in [6.07, 6.45) is 2.70. The summed E-state index contributed by atoms with van der Waals surface area (Å²) >= 11 is 0. The number of hydrogen-bond donors (Lipinski definition) is 2. The maximum absolute atomic E-state index is 10.4. The lowest BCUT2D eigenvalue weighted by Gasteiger charge is -2.11. The molecule has 8 heteroatoms. The first kappa shape index (κ1) is 14.6. The summed E-state index contributed by atoms with van der Waals surface area (Å²) < 4.78 is 6.25. The maximum atomic E-state index is 10.4. The van der Waals surface area contributed by atoms with Crippen molar-refractivity contribution in [1.82, 2.24) is 15.1 Å². The minimum absolute atomic E-state index is 0.0738. The second-order valence-electron chi connectivity index (χ2n) is 3.88. The largest absolute Gasteiger partial charge is 0.390 e. The summed E-state index contributed by atoms with van der Waals surface area (Å²) in [4.78, 5) is 9.92. The van der Waals surface area contributed by atoms with Gasteiger partial charge in [-0.25, -0.2) is 0 Å². The van der Waals surface area contributed by atoms with Crippen LogP contribution in [-0.2, 0) is 11.3 Å². The first-order chi connectivity index (χ1) is 8.63. The van der Waals surface area contributed by atoms with Gasteiger partial charge >= 0.3 is 5.69 Å². The normalized spacial score (nSPS) is 12.6. The van der Waals surface area contributed by atoms with Crippen LogP contribution in [0.3, 0.4) is 0 Å². The van der Waals surface area contributed by atoms with E-state index in [1.807, 2.05) is 0 Å². The first-order valence-corrected chi connectivity index (χ1v) is 5.68. The molecule has 0 aromatic carbocycles. The van der Waals surface area contributed by atoms with Crippen LogP contribution >= 0.6 is 0 Å². The highest BCUT2D eigenvalue weighted by atomic mass is 16.6. The van der Waals surface area contributed by atoms with E-state index in [1.54, 1.807) is 7.11 Å². The van der Waals surface area contributed by atoms with Gasteiger partial charge in [0.25, 0.3) is 0 Å². The minimum Gasteiger partial charge on any atom is -0.390 e. The van der Waals surface area contributed by atoms with Crippen LogP contribution in [0, 0.1) is 10.1 Å². The average molecular weight is 258 g/mol. The summed E-state index contributed by atoms with van der Waals surface area (Å²) in [5.41, 5.74) is -0.0738. The molecule has 102 valence electrons. The summed E-state index contributed by atoms with van der Waals surface area (Å²) in [7, 11) is 1.64. The van der Waals surface area contributed by atoms with Crippen molar-refractivity contribution in [3.63, 3.8) is 0 Å². The number of aromatic nitrogens is 2. The highest BCUT2D eigenvalue weighted by molar-refractivity contribution is 5.20. The summed E-state index contributed by atoms with van der Waals surface area (Å²) in [6.45, 7) is 2.07. The zero-order valence-corrected chi connectivity index (χ0v) is 10.3. The van der Waals surface area contributed by atoms with Crippen LogP contribution in [0.4, 0.5) is 5.69 Å². The van der Waals surface area contributed by atoms with E-state index in [0.717, 1.165) is 13.0 Å². The molecular weight excluding hydrogens is 240 g/mol. The van der Waals surface area contributed by atoms with Crippen molar-refractivity contribution in [2.45, 2.75) is 19.1 Å². The Balaban J connectivity index is 2.22. The number of aliphatic hydroxyl groups excluding tert-OH is 1. The van der Waals surface area contributed by atoms with E-state index in [4.69, 9.17) is 4.74 Å². The van der Waals surface area contributed by atoms with Crippen LogP contribution in [0.25, 0.3) is 0 Å². The molecule has 0 amide bonds. The van der Waals surface area contributed by atoms with Crippen molar-refractivity contribution in [2.24, 2.45) is 0 Å². The number of nitro groups is 1. The summed E-state index contributed by atoms with van der Waals surface area (Å²) in [5, 5.41) is 27.0. The molecule has 0 radical (unpaired) electrons. The van der Waals surface area contributed by atoms with Crippen LogP contribution in [0.2, 0.25) is 0 Å². The number of nitrogens with one attached hydrogen (secondary N) is 1. The van der Waals surface area contributed by atoms with E-state index in [-0.39, 0.29) is 12.2 Å². The van der Waals surface area contributed by atoms with E-state index in [9.17, 15) is 15.2 Å². The molecule has 8 nitrogen and oxygen atoms in total. The third-order valence-electron chi connectivity index (χ3n) is 2.31. The average Bonchev–Trinajstić information content (AvgIpc) is 2.77. The Hall–Kier alpha value is -1.51. The number of nitrogens with zero attached hydrogens (tertiary/aromatic N) is 3. The van der Waals surface area contributed by atoms with Gasteiger partial charge in [-0.15, -0.1) is 0 Å². The van der Waals surface area contributed by atoms with Gasteiger partial charge in [-0.1, -0.05) is 0 Å². The molecule has 1 heterocycles. The zero-order chi connectivity index (χ0) is 13.4. The molecule has 0 aliphatic rings. The Morgan fingerprint density at radius 2 is 2.50 bits per heavy atom. The van der Waals surface area contributed by atoms with Crippen LogP contribution < -0.4 is 5.32 Å². The number of hydrogen-bond acceptors (Lipinski definition) is 6. The van der Waals surface area contributed by atoms with E-state index in [0.29, 0.717) is 13.2 Å². The third-order valence-corrected chi connectivity index (χ3v) is 2.31. The number of methoxy groups -OCH3 is 1. The monoisotopic (exact) mass is 258 g/mol. The van der Waals surface area contributed by atoms with Crippen molar-refractivity contribution < 1.29 is 14.8 Å². The van der Waals surface area contributed by atoms with E-state index in [2.05, 4.69) is 10.4 Å². The first-order valence-electron chi connectivity index (χ1n) is 5.68. The minimum atomic E-state index is -0.632. The zero-order valence-electron chi connectivity index (χ0n) is 10.3. The fourth-order valence-corrected chi connectivity index (χ4v) is 1.44. The van der Waals surface area contributed by atoms with Crippen LogP contribution in [0.5, 0.6) is 0 Å².